The van der Waals surface area contributed by atoms with E-state index in [-0.39, 0.29) is 11.9 Å². The summed E-state index contributed by atoms with van der Waals surface area (Å²) >= 11 is 12.6. The zero-order valence-electron chi connectivity index (χ0n) is 20.3. The number of carbonyl (C=O) groups is 1. The average molecular weight is 505 g/mol. The number of pyridine rings is 1. The Balaban J connectivity index is 1.30. The second-order valence-corrected chi connectivity index (χ2v) is 10.7. The number of nitrogens with one attached hydrogen (secondary N) is 1. The first-order valence-electron chi connectivity index (χ1n) is 12.2. The Morgan fingerprint density at radius 2 is 1.82 bits per heavy atom. The van der Waals surface area contributed by atoms with E-state index in [0.29, 0.717) is 22.7 Å². The quantitative estimate of drug-likeness (QED) is 0.618. The second kappa shape index (κ2) is 11.3. The van der Waals surface area contributed by atoms with Crippen molar-refractivity contribution < 1.29 is 4.79 Å². The van der Waals surface area contributed by atoms with Gasteiger partial charge in [-0.25, -0.2) is 4.98 Å². The van der Waals surface area contributed by atoms with Gasteiger partial charge in [-0.15, -0.1) is 0 Å². The predicted octanol–water partition coefficient (Wildman–Crippen LogP) is 4.70. The fourth-order valence-electron chi connectivity index (χ4n) is 5.10. The molecule has 2 aliphatic heterocycles. The Bertz CT molecular complexity index is 976. The van der Waals surface area contributed by atoms with Crippen LogP contribution in [0, 0.1) is 0 Å². The van der Waals surface area contributed by atoms with E-state index in [0.717, 1.165) is 50.1 Å². The average Bonchev–Trinajstić information content (AvgIpc) is 2.81. The molecule has 1 aromatic heterocycles. The molecule has 34 heavy (non-hydrogen) atoms. The molecule has 3 heterocycles. The Labute approximate surface area is 213 Å². The molecule has 1 N–H and O–H groups in total. The number of nitrogens with zero attached hydrogens (tertiary/aromatic N) is 4. The number of hydrogen-bond donors (Lipinski definition) is 1. The van der Waals surface area contributed by atoms with Gasteiger partial charge in [0.25, 0.3) is 5.91 Å². The van der Waals surface area contributed by atoms with Crippen LogP contribution >= 0.6 is 23.2 Å². The predicted molar refractivity (Wildman–Crippen MR) is 140 cm³/mol. The van der Waals surface area contributed by atoms with Crippen molar-refractivity contribution in [2.75, 3.05) is 37.6 Å². The lowest BCUT2D eigenvalue weighted by Gasteiger charge is -2.47. The molecular weight excluding hydrogens is 469 g/mol. The summed E-state index contributed by atoms with van der Waals surface area (Å²) in [6.07, 6.45) is 4.01. The number of likely N-dealkylation sites (tertiary alicyclic amines) is 1. The van der Waals surface area contributed by atoms with Crippen molar-refractivity contribution in [2.24, 2.45) is 0 Å². The lowest BCUT2D eigenvalue weighted by Crippen LogP contribution is -2.57. The van der Waals surface area contributed by atoms with Gasteiger partial charge in [0.1, 0.15) is 5.82 Å². The van der Waals surface area contributed by atoms with Crippen molar-refractivity contribution in [1.82, 2.24) is 20.1 Å². The summed E-state index contributed by atoms with van der Waals surface area (Å²) < 4.78 is 0. The number of anilines is 1. The highest BCUT2D eigenvalue weighted by Crippen LogP contribution is 2.29. The van der Waals surface area contributed by atoms with E-state index in [1.54, 1.807) is 12.3 Å². The van der Waals surface area contributed by atoms with Crippen LogP contribution in [-0.2, 0) is 6.54 Å². The van der Waals surface area contributed by atoms with Crippen LogP contribution in [0.15, 0.2) is 36.5 Å². The first-order chi connectivity index (χ1) is 16.3. The standard InChI is InChI=1S/C26H35Cl2N5O/c1-18(2)30-26(34)21-14-24(28)25(29-15-21)32-12-13-33(19(3)16-32)23-8-10-31(11-9-23)17-20-4-6-22(27)7-5-20/h4-7,14-15,18-19,23H,8-13,16-17H2,1-3H3,(H,30,34)/t19-/m0/s1. The van der Waals surface area contributed by atoms with Gasteiger partial charge in [0.2, 0.25) is 0 Å². The molecule has 8 heteroatoms. The number of piperazine rings is 1. The molecule has 0 bridgehead atoms. The van der Waals surface area contributed by atoms with Crippen LogP contribution in [-0.4, -0.2) is 71.5 Å². The molecule has 0 saturated carbocycles. The van der Waals surface area contributed by atoms with Gasteiger partial charge in [0.05, 0.1) is 10.6 Å². The first kappa shape index (κ1) is 25.2. The third-order valence-electron chi connectivity index (χ3n) is 6.83. The Hall–Kier alpha value is -1.86. The maximum Gasteiger partial charge on any atom is 0.253 e. The number of piperidine rings is 1. The first-order valence-corrected chi connectivity index (χ1v) is 13.0. The van der Waals surface area contributed by atoms with Crippen molar-refractivity contribution >= 4 is 34.9 Å². The van der Waals surface area contributed by atoms with Gasteiger partial charge >= 0.3 is 0 Å². The van der Waals surface area contributed by atoms with Gasteiger partial charge in [-0.3, -0.25) is 14.6 Å². The van der Waals surface area contributed by atoms with Crippen molar-refractivity contribution in [3.63, 3.8) is 0 Å². The summed E-state index contributed by atoms with van der Waals surface area (Å²) in [5.41, 5.74) is 1.82. The fourth-order valence-corrected chi connectivity index (χ4v) is 5.51. The molecule has 4 rings (SSSR count). The Kier molecular flexibility index (Phi) is 8.35. The third-order valence-corrected chi connectivity index (χ3v) is 7.36. The van der Waals surface area contributed by atoms with Gasteiger partial charge in [-0.05, 0) is 70.5 Å². The van der Waals surface area contributed by atoms with Crippen LogP contribution in [0.2, 0.25) is 10.0 Å². The molecule has 0 unspecified atom stereocenters. The maximum absolute atomic E-state index is 12.3. The highest BCUT2D eigenvalue weighted by atomic mass is 35.5. The highest BCUT2D eigenvalue weighted by molar-refractivity contribution is 6.33. The molecule has 0 spiro atoms. The third kappa shape index (κ3) is 6.22. The van der Waals surface area contributed by atoms with E-state index < -0.39 is 0 Å². The van der Waals surface area contributed by atoms with Crippen molar-refractivity contribution in [3.8, 4) is 0 Å². The summed E-state index contributed by atoms with van der Waals surface area (Å²) in [4.78, 5) is 24.3. The van der Waals surface area contributed by atoms with E-state index in [1.165, 1.54) is 18.4 Å². The van der Waals surface area contributed by atoms with Crippen molar-refractivity contribution in [2.45, 2.75) is 58.3 Å². The molecule has 6 nitrogen and oxygen atoms in total. The molecule has 2 saturated heterocycles. The molecule has 2 fully saturated rings. The summed E-state index contributed by atoms with van der Waals surface area (Å²) in [5, 5.41) is 4.21. The van der Waals surface area contributed by atoms with Crippen LogP contribution in [0.5, 0.6) is 0 Å². The van der Waals surface area contributed by atoms with Crippen LogP contribution in [0.1, 0.15) is 49.5 Å². The minimum atomic E-state index is -0.142. The van der Waals surface area contributed by atoms with Gasteiger partial charge in [-0.1, -0.05) is 35.3 Å². The molecule has 0 aliphatic carbocycles. The van der Waals surface area contributed by atoms with E-state index in [4.69, 9.17) is 23.2 Å². The molecular formula is C26H35Cl2N5O. The van der Waals surface area contributed by atoms with Crippen LogP contribution in [0.25, 0.3) is 0 Å². The van der Waals surface area contributed by atoms with Gasteiger partial charge < -0.3 is 10.2 Å². The summed E-state index contributed by atoms with van der Waals surface area (Å²) in [7, 11) is 0. The molecule has 1 aromatic carbocycles. The van der Waals surface area contributed by atoms with Crippen LogP contribution in [0.3, 0.4) is 0 Å². The summed E-state index contributed by atoms with van der Waals surface area (Å²) in [6, 6.07) is 11.0. The molecule has 0 radical (unpaired) electrons. The molecule has 1 amide bonds. The van der Waals surface area contributed by atoms with Crippen LogP contribution < -0.4 is 10.2 Å². The van der Waals surface area contributed by atoms with E-state index in [1.807, 2.05) is 26.0 Å². The molecule has 184 valence electrons. The highest BCUT2D eigenvalue weighted by Gasteiger charge is 2.32. The number of benzene rings is 1. The maximum atomic E-state index is 12.3. The monoisotopic (exact) mass is 503 g/mol. The lowest BCUT2D eigenvalue weighted by molar-refractivity contribution is 0.0690. The number of halogens is 2. The Morgan fingerprint density at radius 3 is 2.44 bits per heavy atom. The Morgan fingerprint density at radius 1 is 1.12 bits per heavy atom. The number of amides is 1. The smallest absolute Gasteiger partial charge is 0.253 e. The summed E-state index contributed by atoms with van der Waals surface area (Å²) in [5.74, 6) is 0.628. The normalized spacial score (nSPS) is 20.6. The second-order valence-electron chi connectivity index (χ2n) is 9.82. The van der Waals surface area contributed by atoms with E-state index in [2.05, 4.69) is 44.1 Å². The SMILES string of the molecule is CC(C)NC(=O)c1cnc(N2CCN(C3CCN(Cc4ccc(Cl)cc4)CC3)[C@@H](C)C2)c(Cl)c1. The zero-order chi connectivity index (χ0) is 24.2. The van der Waals surface area contributed by atoms with Gasteiger partial charge in [0.15, 0.2) is 0 Å². The molecule has 2 aliphatic rings. The minimum Gasteiger partial charge on any atom is -0.353 e. The van der Waals surface area contributed by atoms with Crippen molar-refractivity contribution in [3.05, 3.63) is 57.7 Å². The van der Waals surface area contributed by atoms with Gasteiger partial charge in [-0.2, -0.15) is 0 Å². The van der Waals surface area contributed by atoms with E-state index in [9.17, 15) is 4.79 Å². The number of carbonyl (C=O) groups excluding carboxylic acids is 1. The topological polar surface area (TPSA) is 51.7 Å². The number of rotatable bonds is 6. The number of aromatic nitrogens is 1. The lowest BCUT2D eigenvalue weighted by atomic mass is 9.99. The van der Waals surface area contributed by atoms with Crippen molar-refractivity contribution in [1.29, 1.82) is 0 Å². The number of hydrogen-bond acceptors (Lipinski definition) is 5. The fraction of sp³-hybridized carbons (Fsp3) is 0.538. The largest absolute Gasteiger partial charge is 0.353 e. The minimum absolute atomic E-state index is 0.0733. The van der Waals surface area contributed by atoms with Crippen LogP contribution in [0.4, 0.5) is 5.82 Å². The summed E-state index contributed by atoms with van der Waals surface area (Å²) in [6.45, 7) is 12.2. The zero-order valence-corrected chi connectivity index (χ0v) is 21.8. The van der Waals surface area contributed by atoms with Gasteiger partial charge in [0, 0.05) is 55.5 Å². The molecule has 1 atom stereocenters. The molecule has 2 aromatic rings. The van der Waals surface area contributed by atoms with E-state index >= 15 is 0 Å².